The molecule has 2 aromatic heterocycles. The van der Waals surface area contributed by atoms with Crippen LogP contribution in [-0.2, 0) is 26.1 Å². The standard InChI is InChI=1S/C18H29N7O.HI/c1-4-19-18(20-11-14-10-15(13(2)3)24-26-14)21-12-17-23-22-16-8-6-5-7-9-25(16)17;/h10,13H,4-9,11-12H2,1-3H3,(H2,19,20,21);1H. The average Bonchev–Trinajstić information content (AvgIpc) is 3.19. The number of aromatic nitrogens is 4. The van der Waals surface area contributed by atoms with E-state index in [2.05, 4.69) is 49.4 Å². The van der Waals surface area contributed by atoms with Crippen molar-refractivity contribution in [3.05, 3.63) is 29.2 Å². The molecule has 0 saturated heterocycles. The van der Waals surface area contributed by atoms with E-state index in [1.165, 1.54) is 19.3 Å². The van der Waals surface area contributed by atoms with Crippen LogP contribution in [0.1, 0.15) is 69.1 Å². The van der Waals surface area contributed by atoms with Crippen LogP contribution in [0.15, 0.2) is 15.6 Å². The van der Waals surface area contributed by atoms with Crippen molar-refractivity contribution in [2.45, 2.75) is 72.0 Å². The number of aliphatic imine (C=N–C) groups is 1. The van der Waals surface area contributed by atoms with E-state index in [4.69, 9.17) is 4.52 Å². The summed E-state index contributed by atoms with van der Waals surface area (Å²) in [5.41, 5.74) is 0.967. The zero-order chi connectivity index (χ0) is 18.4. The lowest BCUT2D eigenvalue weighted by atomic mass is 10.1. The molecular formula is C18H30IN7O. The summed E-state index contributed by atoms with van der Waals surface area (Å²) in [5, 5.41) is 19.3. The highest BCUT2D eigenvalue weighted by Gasteiger charge is 2.14. The first-order chi connectivity index (χ1) is 12.7. The van der Waals surface area contributed by atoms with Crippen molar-refractivity contribution in [1.29, 1.82) is 0 Å². The number of hydrogen-bond acceptors (Lipinski definition) is 5. The highest BCUT2D eigenvalue weighted by atomic mass is 127. The third-order valence-electron chi connectivity index (χ3n) is 4.51. The van der Waals surface area contributed by atoms with Crippen LogP contribution in [0.3, 0.4) is 0 Å². The number of guanidine groups is 1. The number of fused-ring (bicyclic) bond motifs is 1. The van der Waals surface area contributed by atoms with Crippen LogP contribution in [-0.4, -0.2) is 32.4 Å². The Morgan fingerprint density at radius 1 is 1.26 bits per heavy atom. The van der Waals surface area contributed by atoms with Gasteiger partial charge in [-0.15, -0.1) is 34.2 Å². The van der Waals surface area contributed by atoms with Gasteiger partial charge in [0.05, 0.1) is 12.2 Å². The first kappa shape index (κ1) is 21.6. The normalized spacial score (nSPS) is 14.4. The monoisotopic (exact) mass is 487 g/mol. The lowest BCUT2D eigenvalue weighted by molar-refractivity contribution is 0.372. The largest absolute Gasteiger partial charge is 0.359 e. The van der Waals surface area contributed by atoms with Gasteiger partial charge < -0.3 is 19.7 Å². The van der Waals surface area contributed by atoms with Gasteiger partial charge in [-0.3, -0.25) is 0 Å². The molecule has 0 bridgehead atoms. The molecule has 27 heavy (non-hydrogen) atoms. The molecule has 1 aliphatic rings. The Morgan fingerprint density at radius 2 is 2.11 bits per heavy atom. The fourth-order valence-corrected chi connectivity index (χ4v) is 3.01. The minimum atomic E-state index is 0. The number of hydrogen-bond donors (Lipinski definition) is 2. The third-order valence-corrected chi connectivity index (χ3v) is 4.51. The number of halogens is 1. The molecule has 0 atom stereocenters. The van der Waals surface area contributed by atoms with E-state index >= 15 is 0 Å². The topological polar surface area (TPSA) is 93.2 Å². The maximum atomic E-state index is 5.37. The van der Waals surface area contributed by atoms with Crippen LogP contribution in [0.5, 0.6) is 0 Å². The summed E-state index contributed by atoms with van der Waals surface area (Å²) in [5.74, 6) is 3.92. The molecule has 3 heterocycles. The molecule has 2 N–H and O–H groups in total. The molecule has 0 aliphatic carbocycles. The zero-order valence-electron chi connectivity index (χ0n) is 16.4. The molecule has 150 valence electrons. The van der Waals surface area contributed by atoms with E-state index in [9.17, 15) is 0 Å². The van der Waals surface area contributed by atoms with Crippen molar-refractivity contribution >= 4 is 29.9 Å². The third kappa shape index (κ3) is 5.91. The van der Waals surface area contributed by atoms with Gasteiger partial charge >= 0.3 is 0 Å². The predicted molar refractivity (Wildman–Crippen MR) is 115 cm³/mol. The fourth-order valence-electron chi connectivity index (χ4n) is 3.01. The van der Waals surface area contributed by atoms with Gasteiger partial charge in [-0.2, -0.15) is 0 Å². The fraction of sp³-hybridized carbons (Fsp3) is 0.667. The van der Waals surface area contributed by atoms with Gasteiger partial charge in [0.15, 0.2) is 17.5 Å². The van der Waals surface area contributed by atoms with Crippen LogP contribution in [0, 0.1) is 0 Å². The molecule has 3 rings (SSSR count). The van der Waals surface area contributed by atoms with Gasteiger partial charge in [0, 0.05) is 25.6 Å². The van der Waals surface area contributed by atoms with Crippen LogP contribution >= 0.6 is 24.0 Å². The van der Waals surface area contributed by atoms with Crippen LogP contribution in [0.25, 0.3) is 0 Å². The first-order valence-corrected chi connectivity index (χ1v) is 9.56. The molecule has 0 unspecified atom stereocenters. The van der Waals surface area contributed by atoms with Crippen LogP contribution in [0.4, 0.5) is 0 Å². The molecule has 8 nitrogen and oxygen atoms in total. The highest BCUT2D eigenvalue weighted by molar-refractivity contribution is 14.0. The Kier molecular flexibility index (Phi) is 8.52. The summed E-state index contributed by atoms with van der Waals surface area (Å²) >= 11 is 0. The second-order valence-electron chi connectivity index (χ2n) is 6.92. The Bertz CT molecular complexity index is 738. The molecule has 0 amide bonds. The SMILES string of the molecule is CCNC(=NCc1nnc2n1CCCCC2)NCc1cc(C(C)C)no1.I. The molecular weight excluding hydrogens is 457 g/mol. The number of nitrogens with zero attached hydrogens (tertiary/aromatic N) is 5. The highest BCUT2D eigenvalue weighted by Crippen LogP contribution is 2.15. The maximum Gasteiger partial charge on any atom is 0.192 e. The quantitative estimate of drug-likeness (QED) is 0.370. The summed E-state index contributed by atoms with van der Waals surface area (Å²) < 4.78 is 7.60. The van der Waals surface area contributed by atoms with Crippen molar-refractivity contribution in [3.8, 4) is 0 Å². The molecule has 0 spiro atoms. The second kappa shape index (κ2) is 10.6. The summed E-state index contributed by atoms with van der Waals surface area (Å²) in [7, 11) is 0. The number of nitrogens with one attached hydrogen (secondary N) is 2. The molecule has 0 aromatic carbocycles. The van der Waals surface area contributed by atoms with Crippen molar-refractivity contribution in [3.63, 3.8) is 0 Å². The van der Waals surface area contributed by atoms with E-state index in [0.29, 0.717) is 19.0 Å². The number of rotatable bonds is 6. The van der Waals surface area contributed by atoms with Crippen molar-refractivity contribution < 1.29 is 4.52 Å². The van der Waals surface area contributed by atoms with E-state index in [-0.39, 0.29) is 24.0 Å². The summed E-state index contributed by atoms with van der Waals surface area (Å²) in [4.78, 5) is 4.66. The van der Waals surface area contributed by atoms with E-state index in [1.54, 1.807) is 0 Å². The van der Waals surface area contributed by atoms with Crippen molar-refractivity contribution in [1.82, 2.24) is 30.6 Å². The molecule has 2 aromatic rings. The molecule has 1 aliphatic heterocycles. The molecule has 9 heteroatoms. The van der Waals surface area contributed by atoms with E-state index in [0.717, 1.165) is 48.6 Å². The predicted octanol–water partition coefficient (Wildman–Crippen LogP) is 2.99. The summed E-state index contributed by atoms with van der Waals surface area (Å²) in [6.07, 6.45) is 4.65. The summed E-state index contributed by atoms with van der Waals surface area (Å²) in [6.45, 7) is 9.08. The maximum absolute atomic E-state index is 5.37. The Balaban J connectivity index is 0.00000261. The van der Waals surface area contributed by atoms with Crippen molar-refractivity contribution in [2.24, 2.45) is 4.99 Å². The van der Waals surface area contributed by atoms with Crippen LogP contribution in [0.2, 0.25) is 0 Å². The lowest BCUT2D eigenvalue weighted by Gasteiger charge is -2.10. The van der Waals surface area contributed by atoms with Gasteiger partial charge in [0.25, 0.3) is 0 Å². The minimum Gasteiger partial charge on any atom is -0.359 e. The number of aryl methyl sites for hydroxylation is 1. The van der Waals surface area contributed by atoms with Gasteiger partial charge in [0.1, 0.15) is 12.4 Å². The Labute approximate surface area is 177 Å². The van der Waals surface area contributed by atoms with Gasteiger partial charge in [-0.1, -0.05) is 25.4 Å². The zero-order valence-corrected chi connectivity index (χ0v) is 18.7. The van der Waals surface area contributed by atoms with Gasteiger partial charge in [0.2, 0.25) is 0 Å². The molecule has 0 saturated carbocycles. The van der Waals surface area contributed by atoms with E-state index < -0.39 is 0 Å². The molecule has 0 radical (unpaired) electrons. The van der Waals surface area contributed by atoms with Crippen molar-refractivity contribution in [2.75, 3.05) is 6.54 Å². The van der Waals surface area contributed by atoms with Gasteiger partial charge in [-0.05, 0) is 25.7 Å². The molecule has 0 fully saturated rings. The lowest BCUT2D eigenvalue weighted by Crippen LogP contribution is -2.36. The Morgan fingerprint density at radius 3 is 2.85 bits per heavy atom. The Hall–Kier alpha value is -1.65. The first-order valence-electron chi connectivity index (χ1n) is 9.56. The second-order valence-corrected chi connectivity index (χ2v) is 6.92. The van der Waals surface area contributed by atoms with Gasteiger partial charge in [-0.25, -0.2) is 4.99 Å². The minimum absolute atomic E-state index is 0. The van der Waals surface area contributed by atoms with E-state index in [1.807, 2.05) is 13.0 Å². The van der Waals surface area contributed by atoms with Crippen LogP contribution < -0.4 is 10.6 Å². The smallest absolute Gasteiger partial charge is 0.192 e. The summed E-state index contributed by atoms with van der Waals surface area (Å²) in [6, 6.07) is 1.99. The average molecular weight is 487 g/mol.